The summed E-state index contributed by atoms with van der Waals surface area (Å²) in [6.45, 7) is 5.98. The highest BCUT2D eigenvalue weighted by Crippen LogP contribution is 2.36. The van der Waals surface area contributed by atoms with Gasteiger partial charge in [-0.1, -0.05) is 38.8 Å². The molecule has 1 aromatic carbocycles. The lowest BCUT2D eigenvalue weighted by atomic mass is 10.0. The fourth-order valence-electron chi connectivity index (χ4n) is 2.05. The molecule has 0 radical (unpaired) electrons. The second-order valence-corrected chi connectivity index (χ2v) is 6.13. The molecule has 24 heavy (non-hydrogen) atoms. The smallest absolute Gasteiger partial charge is 0.326 e. The maximum absolute atomic E-state index is 12.3. The normalized spacial score (nSPS) is 11.9. The monoisotopic (exact) mass is 357 g/mol. The fraction of sp³-hybridized carbons (Fsp3) is 0.529. The second kappa shape index (κ2) is 9.37. The number of carboxylic acids is 1. The van der Waals surface area contributed by atoms with Crippen LogP contribution in [0.1, 0.15) is 44.0 Å². The summed E-state index contributed by atoms with van der Waals surface area (Å²) < 4.78 is 10.9. The highest BCUT2D eigenvalue weighted by molar-refractivity contribution is 6.32. The molecular weight excluding hydrogens is 334 g/mol. The first-order valence-corrected chi connectivity index (χ1v) is 8.23. The van der Waals surface area contributed by atoms with Crippen LogP contribution in [0, 0.1) is 5.92 Å². The Balaban J connectivity index is 3.02. The van der Waals surface area contributed by atoms with Crippen molar-refractivity contribution in [1.82, 2.24) is 5.32 Å². The minimum absolute atomic E-state index is 0.214. The van der Waals surface area contributed by atoms with E-state index >= 15 is 0 Å². The number of nitrogens with one attached hydrogen (secondary N) is 1. The van der Waals surface area contributed by atoms with Gasteiger partial charge >= 0.3 is 5.97 Å². The number of carbonyl (C=O) groups is 2. The summed E-state index contributed by atoms with van der Waals surface area (Å²) in [5.74, 6) is -1.16. The Morgan fingerprint density at radius 2 is 2.00 bits per heavy atom. The molecule has 1 atom stereocenters. The molecule has 0 saturated carbocycles. The SMILES string of the molecule is CCCCOc1c(Cl)cc(C(=O)N[C@@H](C(=O)O)C(C)C)cc1OC. The van der Waals surface area contributed by atoms with Crippen molar-refractivity contribution in [1.29, 1.82) is 0 Å². The fourth-order valence-corrected chi connectivity index (χ4v) is 2.31. The zero-order chi connectivity index (χ0) is 18.3. The van der Waals surface area contributed by atoms with Crippen molar-refractivity contribution in [2.24, 2.45) is 5.92 Å². The van der Waals surface area contributed by atoms with Crippen molar-refractivity contribution in [2.45, 2.75) is 39.7 Å². The van der Waals surface area contributed by atoms with E-state index in [1.165, 1.54) is 19.2 Å². The third kappa shape index (κ3) is 5.30. The van der Waals surface area contributed by atoms with E-state index in [0.717, 1.165) is 12.8 Å². The van der Waals surface area contributed by atoms with Crippen LogP contribution in [-0.4, -0.2) is 36.7 Å². The van der Waals surface area contributed by atoms with Crippen LogP contribution in [0.25, 0.3) is 0 Å². The molecule has 0 aromatic heterocycles. The lowest BCUT2D eigenvalue weighted by Crippen LogP contribution is -2.44. The van der Waals surface area contributed by atoms with E-state index in [0.29, 0.717) is 18.1 Å². The van der Waals surface area contributed by atoms with E-state index in [2.05, 4.69) is 5.32 Å². The molecule has 0 bridgehead atoms. The van der Waals surface area contributed by atoms with Crippen molar-refractivity contribution < 1.29 is 24.2 Å². The van der Waals surface area contributed by atoms with Crippen LogP contribution in [-0.2, 0) is 4.79 Å². The number of hydrogen-bond acceptors (Lipinski definition) is 4. The van der Waals surface area contributed by atoms with Gasteiger partial charge in [-0.2, -0.15) is 0 Å². The predicted octanol–water partition coefficient (Wildman–Crippen LogP) is 3.37. The molecule has 6 nitrogen and oxygen atoms in total. The summed E-state index contributed by atoms with van der Waals surface area (Å²) in [5, 5.41) is 11.9. The first-order chi connectivity index (χ1) is 11.3. The first-order valence-electron chi connectivity index (χ1n) is 7.85. The van der Waals surface area contributed by atoms with Crippen molar-refractivity contribution in [3.05, 3.63) is 22.7 Å². The Hall–Kier alpha value is -1.95. The zero-order valence-electron chi connectivity index (χ0n) is 14.4. The number of amides is 1. The van der Waals surface area contributed by atoms with Gasteiger partial charge in [0, 0.05) is 5.56 Å². The predicted molar refractivity (Wildman–Crippen MR) is 92.1 cm³/mol. The van der Waals surface area contributed by atoms with Crippen LogP contribution in [0.5, 0.6) is 11.5 Å². The maximum Gasteiger partial charge on any atom is 0.326 e. The van der Waals surface area contributed by atoms with Crippen LogP contribution in [0.2, 0.25) is 5.02 Å². The van der Waals surface area contributed by atoms with E-state index in [-0.39, 0.29) is 16.5 Å². The van der Waals surface area contributed by atoms with Crippen LogP contribution in [0.3, 0.4) is 0 Å². The topological polar surface area (TPSA) is 84.9 Å². The van der Waals surface area contributed by atoms with Gasteiger partial charge in [0.05, 0.1) is 18.7 Å². The minimum Gasteiger partial charge on any atom is -0.493 e. The number of hydrogen-bond donors (Lipinski definition) is 2. The number of methoxy groups -OCH3 is 1. The van der Waals surface area contributed by atoms with E-state index in [9.17, 15) is 14.7 Å². The van der Waals surface area contributed by atoms with Crippen LogP contribution < -0.4 is 14.8 Å². The van der Waals surface area contributed by atoms with E-state index in [1.54, 1.807) is 13.8 Å². The molecule has 0 spiro atoms. The van der Waals surface area contributed by atoms with E-state index < -0.39 is 17.9 Å². The number of benzene rings is 1. The van der Waals surface area contributed by atoms with Crippen molar-refractivity contribution in [2.75, 3.05) is 13.7 Å². The third-order valence-electron chi connectivity index (χ3n) is 3.46. The average molecular weight is 358 g/mol. The largest absolute Gasteiger partial charge is 0.493 e. The Morgan fingerprint density at radius 1 is 1.33 bits per heavy atom. The molecule has 0 unspecified atom stereocenters. The average Bonchev–Trinajstić information content (AvgIpc) is 2.52. The number of halogens is 1. The molecule has 0 aliphatic rings. The molecule has 7 heteroatoms. The minimum atomic E-state index is -1.09. The number of carboxylic acid groups (broad SMARTS) is 1. The van der Waals surface area contributed by atoms with Crippen molar-refractivity contribution in [3.63, 3.8) is 0 Å². The van der Waals surface area contributed by atoms with Gasteiger partial charge in [-0.25, -0.2) is 4.79 Å². The van der Waals surface area contributed by atoms with Gasteiger partial charge in [-0.3, -0.25) is 4.79 Å². The molecule has 0 saturated heterocycles. The Bertz CT molecular complexity index is 589. The Kier molecular flexibility index (Phi) is 7.85. The summed E-state index contributed by atoms with van der Waals surface area (Å²) >= 11 is 6.20. The lowest BCUT2D eigenvalue weighted by molar-refractivity contribution is -0.140. The van der Waals surface area contributed by atoms with Crippen molar-refractivity contribution >= 4 is 23.5 Å². The van der Waals surface area contributed by atoms with Gasteiger partial charge in [0.2, 0.25) is 0 Å². The number of ether oxygens (including phenoxy) is 2. The molecular formula is C17H24ClNO5. The molecule has 0 aliphatic heterocycles. The molecule has 1 aromatic rings. The van der Waals surface area contributed by atoms with E-state index in [4.69, 9.17) is 21.1 Å². The zero-order valence-corrected chi connectivity index (χ0v) is 15.1. The highest BCUT2D eigenvalue weighted by Gasteiger charge is 2.25. The first kappa shape index (κ1) is 20.1. The van der Waals surface area contributed by atoms with Crippen molar-refractivity contribution in [3.8, 4) is 11.5 Å². The van der Waals surface area contributed by atoms with Crippen LogP contribution in [0.4, 0.5) is 0 Å². The quantitative estimate of drug-likeness (QED) is 0.662. The summed E-state index contributed by atoms with van der Waals surface area (Å²) in [4.78, 5) is 23.5. The summed E-state index contributed by atoms with van der Waals surface area (Å²) in [7, 11) is 1.45. The molecule has 0 heterocycles. The van der Waals surface area contributed by atoms with Gasteiger partial charge in [0.1, 0.15) is 6.04 Å². The highest BCUT2D eigenvalue weighted by atomic mass is 35.5. The molecule has 1 amide bonds. The molecule has 0 aliphatic carbocycles. The molecule has 1 rings (SSSR count). The standard InChI is InChI=1S/C17H24ClNO5/c1-5-6-7-24-15-12(18)8-11(9-13(15)23-4)16(20)19-14(10(2)3)17(21)22/h8-10,14H,5-7H2,1-4H3,(H,19,20)(H,21,22)/t14-/m1/s1. The number of unbranched alkanes of at least 4 members (excludes halogenated alkanes) is 1. The molecule has 2 N–H and O–H groups in total. The summed E-state index contributed by atoms with van der Waals surface area (Å²) in [6.07, 6.45) is 1.85. The van der Waals surface area contributed by atoms with Crippen LogP contribution in [0.15, 0.2) is 12.1 Å². The van der Waals surface area contributed by atoms with Gasteiger partial charge in [-0.05, 0) is 24.5 Å². The van der Waals surface area contributed by atoms with Gasteiger partial charge < -0.3 is 19.9 Å². The summed E-state index contributed by atoms with van der Waals surface area (Å²) in [6, 6.07) is 1.95. The van der Waals surface area contributed by atoms with Crippen LogP contribution >= 0.6 is 11.6 Å². The number of carbonyl (C=O) groups excluding carboxylic acids is 1. The van der Waals surface area contributed by atoms with Gasteiger partial charge in [-0.15, -0.1) is 0 Å². The third-order valence-corrected chi connectivity index (χ3v) is 3.74. The molecule has 0 fully saturated rings. The molecule has 134 valence electrons. The number of rotatable bonds is 9. The number of aliphatic carboxylic acids is 1. The maximum atomic E-state index is 12.3. The second-order valence-electron chi connectivity index (χ2n) is 5.72. The summed E-state index contributed by atoms with van der Waals surface area (Å²) in [5.41, 5.74) is 0.214. The van der Waals surface area contributed by atoms with E-state index in [1.807, 2.05) is 6.92 Å². The van der Waals surface area contributed by atoms with Gasteiger partial charge in [0.15, 0.2) is 11.5 Å². The lowest BCUT2D eigenvalue weighted by Gasteiger charge is -2.19. The van der Waals surface area contributed by atoms with Gasteiger partial charge in [0.25, 0.3) is 5.91 Å². The Labute approximate surface area is 147 Å². The Morgan fingerprint density at radius 3 is 2.50 bits per heavy atom.